The average molecular weight is 474 g/mol. The van der Waals surface area contributed by atoms with Gasteiger partial charge in [-0.3, -0.25) is 4.79 Å². The van der Waals surface area contributed by atoms with E-state index in [-0.39, 0.29) is 36.2 Å². The molecule has 176 valence electrons. The maximum absolute atomic E-state index is 14.2. The number of nitrogens with two attached hydrogens (primary N) is 1. The zero-order valence-corrected chi connectivity index (χ0v) is 19.4. The largest absolute Gasteiger partial charge is 0.493 e. The molecular formula is C24H29ClFN5O2. The fourth-order valence-corrected chi connectivity index (χ4v) is 4.43. The number of H-pyrrole nitrogens is 1. The number of benzene rings is 1. The van der Waals surface area contributed by atoms with Gasteiger partial charge in [0.2, 0.25) is 0 Å². The van der Waals surface area contributed by atoms with Gasteiger partial charge in [0.1, 0.15) is 29.1 Å². The third-order valence-corrected chi connectivity index (χ3v) is 6.47. The third kappa shape index (κ3) is 4.96. The summed E-state index contributed by atoms with van der Waals surface area (Å²) in [5, 5.41) is 3.13. The summed E-state index contributed by atoms with van der Waals surface area (Å²) in [4.78, 5) is 25.2. The summed E-state index contributed by atoms with van der Waals surface area (Å²) in [6.07, 6.45) is 7.31. The van der Waals surface area contributed by atoms with Crippen LogP contribution >= 0.6 is 12.4 Å². The van der Waals surface area contributed by atoms with Crippen molar-refractivity contribution >= 4 is 29.3 Å². The van der Waals surface area contributed by atoms with Crippen LogP contribution in [0.15, 0.2) is 24.5 Å². The SMILES string of the molecule is Cc1[nH]c2c(-c3cc(F)ccc3OCC3CC3)ncnc2c1C(=O)N[C@H]1CC[C@H](N)CC1.Cl. The van der Waals surface area contributed by atoms with Gasteiger partial charge in [0, 0.05) is 23.3 Å². The molecule has 2 heterocycles. The molecule has 1 amide bonds. The predicted molar refractivity (Wildman–Crippen MR) is 127 cm³/mol. The Morgan fingerprint density at radius 1 is 1.21 bits per heavy atom. The highest BCUT2D eigenvalue weighted by Crippen LogP contribution is 2.36. The number of ether oxygens (including phenoxy) is 1. The van der Waals surface area contributed by atoms with E-state index in [1.165, 1.54) is 18.5 Å². The smallest absolute Gasteiger partial charge is 0.255 e. The van der Waals surface area contributed by atoms with E-state index in [9.17, 15) is 9.18 Å². The second-order valence-corrected chi connectivity index (χ2v) is 9.05. The molecule has 0 atom stereocenters. The minimum absolute atomic E-state index is 0. The molecule has 0 bridgehead atoms. The number of carbonyl (C=O) groups is 1. The Bertz CT molecular complexity index is 1160. The summed E-state index contributed by atoms with van der Waals surface area (Å²) in [6.45, 7) is 2.45. The molecule has 0 aliphatic heterocycles. The Balaban J connectivity index is 0.00000259. The number of aromatic amines is 1. The van der Waals surface area contributed by atoms with E-state index in [1.807, 2.05) is 6.92 Å². The normalized spacial score (nSPS) is 20.3. The minimum Gasteiger partial charge on any atom is -0.493 e. The van der Waals surface area contributed by atoms with Crippen molar-refractivity contribution in [3.63, 3.8) is 0 Å². The third-order valence-electron chi connectivity index (χ3n) is 6.47. The molecule has 2 fully saturated rings. The fraction of sp³-hybridized carbons (Fsp3) is 0.458. The number of hydrogen-bond acceptors (Lipinski definition) is 5. The Kier molecular flexibility index (Phi) is 6.86. The maximum Gasteiger partial charge on any atom is 0.255 e. The number of aryl methyl sites for hydroxylation is 1. The molecule has 9 heteroatoms. The van der Waals surface area contributed by atoms with E-state index >= 15 is 0 Å². The van der Waals surface area contributed by atoms with Crippen molar-refractivity contribution in [2.24, 2.45) is 11.7 Å². The van der Waals surface area contributed by atoms with Crippen LogP contribution in [-0.2, 0) is 0 Å². The van der Waals surface area contributed by atoms with Crippen molar-refractivity contribution in [2.75, 3.05) is 6.61 Å². The van der Waals surface area contributed by atoms with Crippen molar-refractivity contribution < 1.29 is 13.9 Å². The summed E-state index contributed by atoms with van der Waals surface area (Å²) in [5.41, 5.74) is 9.37. The maximum atomic E-state index is 14.2. The lowest BCUT2D eigenvalue weighted by atomic mass is 9.91. The first kappa shape index (κ1) is 23.4. The number of nitrogens with one attached hydrogen (secondary N) is 2. The molecule has 2 aliphatic carbocycles. The lowest BCUT2D eigenvalue weighted by Crippen LogP contribution is -2.40. The number of fused-ring (bicyclic) bond motifs is 1. The zero-order valence-electron chi connectivity index (χ0n) is 18.6. The van der Waals surface area contributed by atoms with Gasteiger partial charge in [-0.2, -0.15) is 0 Å². The highest BCUT2D eigenvalue weighted by atomic mass is 35.5. The molecule has 4 N–H and O–H groups in total. The first-order valence-corrected chi connectivity index (χ1v) is 11.3. The monoisotopic (exact) mass is 473 g/mol. The summed E-state index contributed by atoms with van der Waals surface area (Å²) in [7, 11) is 0. The second kappa shape index (κ2) is 9.65. The number of hydrogen-bond donors (Lipinski definition) is 3. The standard InChI is InChI=1S/C24H28FN5O2.ClH/c1-13-20(24(31)30-17-7-5-16(26)6-8-17)22-23(29-13)21(27-12-28-22)18-10-15(25)4-9-19(18)32-11-14-2-3-14;/h4,9-10,12,14,16-17,29H,2-3,5-8,11,26H2,1H3,(H,30,31);1H/t16-,17-;. The van der Waals surface area contributed by atoms with Crippen LogP contribution < -0.4 is 15.8 Å². The summed E-state index contributed by atoms with van der Waals surface area (Å²) >= 11 is 0. The van der Waals surface area contributed by atoms with Crippen molar-refractivity contribution in [1.82, 2.24) is 20.3 Å². The molecule has 1 aromatic carbocycles. The first-order chi connectivity index (χ1) is 15.5. The molecule has 5 rings (SSSR count). The van der Waals surface area contributed by atoms with Gasteiger partial charge in [-0.05, 0) is 69.6 Å². The van der Waals surface area contributed by atoms with Crippen LogP contribution in [0.1, 0.15) is 54.6 Å². The van der Waals surface area contributed by atoms with E-state index in [2.05, 4.69) is 20.3 Å². The Labute approximate surface area is 198 Å². The van der Waals surface area contributed by atoms with Gasteiger partial charge in [-0.15, -0.1) is 12.4 Å². The van der Waals surface area contributed by atoms with Gasteiger partial charge in [0.25, 0.3) is 5.91 Å². The lowest BCUT2D eigenvalue weighted by Gasteiger charge is -2.26. The van der Waals surface area contributed by atoms with Crippen LogP contribution in [0.2, 0.25) is 0 Å². The van der Waals surface area contributed by atoms with Gasteiger partial charge >= 0.3 is 0 Å². The lowest BCUT2D eigenvalue weighted by molar-refractivity contribution is 0.0927. The number of rotatable bonds is 6. The number of amides is 1. The van der Waals surface area contributed by atoms with Crippen LogP contribution in [0.25, 0.3) is 22.3 Å². The van der Waals surface area contributed by atoms with Gasteiger partial charge in [-0.25, -0.2) is 14.4 Å². The topological polar surface area (TPSA) is 106 Å². The average Bonchev–Trinajstić information content (AvgIpc) is 3.54. The molecule has 0 radical (unpaired) electrons. The van der Waals surface area contributed by atoms with Crippen LogP contribution in [0.3, 0.4) is 0 Å². The summed E-state index contributed by atoms with van der Waals surface area (Å²) < 4.78 is 20.1. The molecule has 3 aromatic rings. The Morgan fingerprint density at radius 3 is 2.70 bits per heavy atom. The summed E-state index contributed by atoms with van der Waals surface area (Å²) in [6, 6.07) is 4.78. The molecule has 0 saturated heterocycles. The fourth-order valence-electron chi connectivity index (χ4n) is 4.43. The second-order valence-electron chi connectivity index (χ2n) is 9.05. The number of carbonyl (C=O) groups excluding carboxylic acids is 1. The van der Waals surface area contributed by atoms with Crippen molar-refractivity contribution in [2.45, 2.75) is 57.5 Å². The highest BCUT2D eigenvalue weighted by Gasteiger charge is 2.26. The number of halogens is 2. The van der Waals surface area contributed by atoms with Crippen molar-refractivity contribution in [3.8, 4) is 17.0 Å². The Hall–Kier alpha value is -2.71. The van der Waals surface area contributed by atoms with Gasteiger partial charge in [-0.1, -0.05) is 0 Å². The van der Waals surface area contributed by atoms with E-state index < -0.39 is 0 Å². The first-order valence-electron chi connectivity index (χ1n) is 11.3. The van der Waals surface area contributed by atoms with Crippen LogP contribution in [0.4, 0.5) is 4.39 Å². The van der Waals surface area contributed by atoms with Gasteiger partial charge < -0.3 is 20.8 Å². The van der Waals surface area contributed by atoms with E-state index in [0.717, 1.165) is 38.5 Å². The molecule has 2 aliphatic rings. The Morgan fingerprint density at radius 2 is 1.97 bits per heavy atom. The van der Waals surface area contributed by atoms with Gasteiger partial charge in [0.15, 0.2) is 0 Å². The van der Waals surface area contributed by atoms with Crippen molar-refractivity contribution in [1.29, 1.82) is 0 Å². The minimum atomic E-state index is -0.373. The van der Waals surface area contributed by atoms with Crippen LogP contribution in [0.5, 0.6) is 5.75 Å². The summed E-state index contributed by atoms with van der Waals surface area (Å²) in [5.74, 6) is 0.608. The van der Waals surface area contributed by atoms with Crippen LogP contribution in [0, 0.1) is 18.7 Å². The molecule has 0 unspecified atom stereocenters. The molecule has 33 heavy (non-hydrogen) atoms. The van der Waals surface area contributed by atoms with Crippen molar-refractivity contribution in [3.05, 3.63) is 41.6 Å². The van der Waals surface area contributed by atoms with E-state index in [1.54, 1.807) is 6.07 Å². The van der Waals surface area contributed by atoms with Gasteiger partial charge in [0.05, 0.1) is 17.7 Å². The molecule has 0 spiro atoms. The predicted octanol–water partition coefficient (Wildman–Crippen LogP) is 4.28. The highest BCUT2D eigenvalue weighted by molar-refractivity contribution is 6.09. The molecular weight excluding hydrogens is 445 g/mol. The number of nitrogens with zero attached hydrogens (tertiary/aromatic N) is 2. The molecule has 2 aromatic heterocycles. The van der Waals surface area contributed by atoms with E-state index in [0.29, 0.717) is 51.8 Å². The van der Waals surface area contributed by atoms with Crippen LogP contribution in [-0.4, -0.2) is 39.5 Å². The quantitative estimate of drug-likeness (QED) is 0.495. The number of aromatic nitrogens is 3. The molecule has 7 nitrogen and oxygen atoms in total. The van der Waals surface area contributed by atoms with E-state index in [4.69, 9.17) is 10.5 Å². The zero-order chi connectivity index (χ0) is 22.2. The molecule has 2 saturated carbocycles.